The van der Waals surface area contributed by atoms with Gasteiger partial charge < -0.3 is 0 Å². The van der Waals surface area contributed by atoms with Gasteiger partial charge in [0, 0.05) is 0 Å². The van der Waals surface area contributed by atoms with E-state index in [1.54, 1.807) is 0 Å². The first-order chi connectivity index (χ1) is 7.18. The van der Waals surface area contributed by atoms with Crippen LogP contribution in [-0.2, 0) is 0 Å². The second kappa shape index (κ2) is 3.94. The van der Waals surface area contributed by atoms with Crippen LogP contribution in [-0.4, -0.2) is 7.85 Å². The third-order valence-electron chi connectivity index (χ3n) is 3.03. The highest BCUT2D eigenvalue weighted by atomic mass is 14.0. The Labute approximate surface area is 92.4 Å². The highest BCUT2D eigenvalue weighted by Gasteiger charge is 2.02. The van der Waals surface area contributed by atoms with E-state index in [1.807, 2.05) is 0 Å². The number of rotatable bonds is 1. The maximum atomic E-state index is 2.26. The van der Waals surface area contributed by atoms with Crippen molar-refractivity contribution < 1.29 is 0 Å². The van der Waals surface area contributed by atoms with Crippen molar-refractivity contribution in [2.45, 2.75) is 13.8 Å². The standard InChI is InChI=1S/C14H15B/c1-10-8-13(9-11(2)14(10)15)12-6-4-3-5-7-12/h3-9H,15H2,1-2H3. The molecule has 0 N–H and O–H groups in total. The molecule has 2 rings (SSSR count). The van der Waals surface area contributed by atoms with E-state index in [1.165, 1.54) is 27.7 Å². The molecule has 15 heavy (non-hydrogen) atoms. The van der Waals surface area contributed by atoms with Gasteiger partial charge in [0.05, 0.1) is 0 Å². The van der Waals surface area contributed by atoms with Crippen molar-refractivity contribution in [3.63, 3.8) is 0 Å². The first-order valence-corrected chi connectivity index (χ1v) is 5.32. The maximum absolute atomic E-state index is 2.26. The average molecular weight is 194 g/mol. The van der Waals surface area contributed by atoms with E-state index in [2.05, 4.69) is 64.2 Å². The van der Waals surface area contributed by atoms with Gasteiger partial charge in [0.2, 0.25) is 0 Å². The van der Waals surface area contributed by atoms with Crippen molar-refractivity contribution in [3.05, 3.63) is 53.6 Å². The van der Waals surface area contributed by atoms with Gasteiger partial charge in [-0.05, 0) is 25.0 Å². The predicted octanol–water partition coefficient (Wildman–Crippen LogP) is 2.23. The largest absolute Gasteiger partial charge is 0.139 e. The van der Waals surface area contributed by atoms with Crippen LogP contribution in [0.5, 0.6) is 0 Å². The van der Waals surface area contributed by atoms with E-state index in [9.17, 15) is 0 Å². The number of hydrogen-bond donors (Lipinski definition) is 0. The van der Waals surface area contributed by atoms with Crippen LogP contribution in [0, 0.1) is 13.8 Å². The van der Waals surface area contributed by atoms with Crippen molar-refractivity contribution in [2.75, 3.05) is 0 Å². The molecule has 0 aliphatic rings. The molecule has 2 aromatic carbocycles. The fourth-order valence-corrected chi connectivity index (χ4v) is 1.83. The predicted molar refractivity (Wildman–Crippen MR) is 69.5 cm³/mol. The maximum Gasteiger partial charge on any atom is 0.139 e. The zero-order chi connectivity index (χ0) is 10.8. The van der Waals surface area contributed by atoms with Crippen LogP contribution in [0.3, 0.4) is 0 Å². The molecule has 1 heteroatoms. The van der Waals surface area contributed by atoms with Crippen molar-refractivity contribution >= 4 is 13.3 Å². The summed E-state index contributed by atoms with van der Waals surface area (Å²) in [5.41, 5.74) is 6.75. The van der Waals surface area contributed by atoms with Crippen LogP contribution in [0.25, 0.3) is 11.1 Å². The molecule has 0 radical (unpaired) electrons. The summed E-state index contributed by atoms with van der Waals surface area (Å²) in [4.78, 5) is 0. The minimum atomic E-state index is 1.30. The summed E-state index contributed by atoms with van der Waals surface area (Å²) in [6.07, 6.45) is 0. The number of hydrogen-bond acceptors (Lipinski definition) is 0. The smallest absolute Gasteiger partial charge is 0.0832 e. The van der Waals surface area contributed by atoms with Gasteiger partial charge in [-0.25, -0.2) is 0 Å². The van der Waals surface area contributed by atoms with E-state index in [4.69, 9.17) is 0 Å². The van der Waals surface area contributed by atoms with E-state index in [-0.39, 0.29) is 0 Å². The van der Waals surface area contributed by atoms with Crippen LogP contribution in [0.1, 0.15) is 11.1 Å². The summed E-state index contributed by atoms with van der Waals surface area (Å²) >= 11 is 0. The lowest BCUT2D eigenvalue weighted by atomic mass is 9.84. The van der Waals surface area contributed by atoms with E-state index in [0.29, 0.717) is 0 Å². The van der Waals surface area contributed by atoms with Crippen LogP contribution < -0.4 is 5.46 Å². The normalized spacial score (nSPS) is 10.3. The average Bonchev–Trinajstić information content (AvgIpc) is 2.26. The van der Waals surface area contributed by atoms with Gasteiger partial charge in [0.25, 0.3) is 0 Å². The lowest BCUT2D eigenvalue weighted by Crippen LogP contribution is -2.11. The first kappa shape index (κ1) is 10.0. The fraction of sp³-hybridized carbons (Fsp3) is 0.143. The van der Waals surface area contributed by atoms with Crippen molar-refractivity contribution in [2.24, 2.45) is 0 Å². The number of benzene rings is 2. The Hall–Kier alpha value is -1.50. The van der Waals surface area contributed by atoms with Crippen molar-refractivity contribution in [1.29, 1.82) is 0 Å². The van der Waals surface area contributed by atoms with E-state index in [0.717, 1.165) is 0 Å². The summed E-state index contributed by atoms with van der Waals surface area (Å²) in [6, 6.07) is 15.1. The summed E-state index contributed by atoms with van der Waals surface area (Å²) in [5, 5.41) is 0. The molecule has 0 spiro atoms. The van der Waals surface area contributed by atoms with Gasteiger partial charge in [-0.15, -0.1) is 0 Å². The first-order valence-electron chi connectivity index (χ1n) is 5.32. The summed E-state index contributed by atoms with van der Waals surface area (Å²) < 4.78 is 0. The van der Waals surface area contributed by atoms with Gasteiger partial charge in [0.15, 0.2) is 0 Å². The molecule has 0 atom stereocenters. The molecule has 0 bridgehead atoms. The lowest BCUT2D eigenvalue weighted by Gasteiger charge is -2.09. The number of aryl methyl sites for hydroxylation is 2. The molecule has 0 aromatic heterocycles. The molecule has 0 unspecified atom stereocenters. The van der Waals surface area contributed by atoms with Crippen LogP contribution in [0.15, 0.2) is 42.5 Å². The van der Waals surface area contributed by atoms with Crippen molar-refractivity contribution in [1.82, 2.24) is 0 Å². The molecule has 0 heterocycles. The fourth-order valence-electron chi connectivity index (χ4n) is 1.83. The second-order valence-corrected chi connectivity index (χ2v) is 4.10. The van der Waals surface area contributed by atoms with Gasteiger partial charge >= 0.3 is 0 Å². The van der Waals surface area contributed by atoms with Gasteiger partial charge in [0.1, 0.15) is 7.85 Å². The monoisotopic (exact) mass is 194 g/mol. The Morgan fingerprint density at radius 1 is 0.800 bits per heavy atom. The highest BCUT2D eigenvalue weighted by Crippen LogP contribution is 2.20. The molecule has 74 valence electrons. The molecule has 0 nitrogen and oxygen atoms in total. The van der Waals surface area contributed by atoms with Crippen LogP contribution >= 0.6 is 0 Å². The van der Waals surface area contributed by atoms with Crippen LogP contribution in [0.4, 0.5) is 0 Å². The second-order valence-electron chi connectivity index (χ2n) is 4.10. The quantitative estimate of drug-likeness (QED) is 0.610. The molecule has 0 amide bonds. The Bertz CT molecular complexity index is 449. The summed E-state index contributed by atoms with van der Waals surface area (Å²) in [7, 11) is 2.18. The molecule has 0 aliphatic carbocycles. The molecule has 2 aromatic rings. The van der Waals surface area contributed by atoms with E-state index >= 15 is 0 Å². The molecular formula is C14H15B. The van der Waals surface area contributed by atoms with Crippen LogP contribution in [0.2, 0.25) is 0 Å². The topological polar surface area (TPSA) is 0 Å². The van der Waals surface area contributed by atoms with E-state index < -0.39 is 0 Å². The minimum absolute atomic E-state index is 1.30. The molecular weight excluding hydrogens is 179 g/mol. The molecule has 0 saturated carbocycles. The Balaban J connectivity index is 2.56. The zero-order valence-corrected chi connectivity index (χ0v) is 9.54. The highest BCUT2D eigenvalue weighted by molar-refractivity contribution is 6.34. The Morgan fingerprint density at radius 2 is 1.33 bits per heavy atom. The summed E-state index contributed by atoms with van der Waals surface area (Å²) in [5.74, 6) is 0. The molecule has 0 saturated heterocycles. The van der Waals surface area contributed by atoms with Crippen molar-refractivity contribution in [3.8, 4) is 11.1 Å². The SMILES string of the molecule is Bc1c(C)cc(-c2ccccc2)cc1C. The molecule has 0 fully saturated rings. The van der Waals surface area contributed by atoms with Gasteiger partial charge in [-0.1, -0.05) is 59.1 Å². The third kappa shape index (κ3) is 1.96. The molecule has 0 aliphatic heterocycles. The summed E-state index contributed by atoms with van der Waals surface area (Å²) in [6.45, 7) is 4.35. The lowest BCUT2D eigenvalue weighted by molar-refractivity contribution is 1.43. The zero-order valence-electron chi connectivity index (χ0n) is 9.54. The van der Waals surface area contributed by atoms with Gasteiger partial charge in [-0.2, -0.15) is 0 Å². The Morgan fingerprint density at radius 3 is 1.87 bits per heavy atom. The minimum Gasteiger partial charge on any atom is -0.0832 e. The third-order valence-corrected chi connectivity index (χ3v) is 3.03. The Kier molecular flexibility index (Phi) is 2.63. The van der Waals surface area contributed by atoms with Gasteiger partial charge in [-0.3, -0.25) is 0 Å².